The van der Waals surface area contributed by atoms with Crippen molar-refractivity contribution in [3.63, 3.8) is 0 Å². The Labute approximate surface area is 215 Å². The number of anilines is 1. The highest BCUT2D eigenvalue weighted by Crippen LogP contribution is 2.38. The summed E-state index contributed by atoms with van der Waals surface area (Å²) in [5, 5.41) is 13.9. The fraction of sp³-hybridized carbons (Fsp3) is 0.556. The second kappa shape index (κ2) is 12.0. The van der Waals surface area contributed by atoms with Gasteiger partial charge in [-0.1, -0.05) is 19.8 Å². The highest BCUT2D eigenvalue weighted by atomic mass is 32.2. The molecule has 0 saturated heterocycles. The van der Waals surface area contributed by atoms with Crippen LogP contribution in [0.4, 0.5) is 5.00 Å². The molecule has 2 heterocycles. The van der Waals surface area contributed by atoms with Gasteiger partial charge in [0.25, 0.3) is 0 Å². The Kier molecular flexibility index (Phi) is 8.85. The molecule has 2 aromatic heterocycles. The number of carbonyl (C=O) groups excluding carboxylic acids is 2. The standard InChI is InChI=1S/C27H33N3O3S2/c1-3-33-27(32)24-20-8-6-4-5-7-9-22(20)35-26(24)30-23(31)12-13-34-25-19(16-28)15-18-14-17(2)10-11-21(18)29-25/h15,17H,3-14H2,1-2H3,(H,30,31). The zero-order valence-corrected chi connectivity index (χ0v) is 22.2. The Balaban J connectivity index is 1.43. The van der Waals surface area contributed by atoms with Crippen LogP contribution in [0.25, 0.3) is 0 Å². The zero-order chi connectivity index (χ0) is 24.8. The lowest BCUT2D eigenvalue weighted by Crippen LogP contribution is -2.16. The molecule has 0 spiro atoms. The lowest BCUT2D eigenvalue weighted by molar-refractivity contribution is -0.115. The lowest BCUT2D eigenvalue weighted by atomic mass is 9.87. The number of fused-ring (bicyclic) bond motifs is 2. The summed E-state index contributed by atoms with van der Waals surface area (Å²) in [5.41, 5.74) is 4.47. The maximum Gasteiger partial charge on any atom is 0.341 e. The number of ether oxygens (including phenoxy) is 1. The largest absolute Gasteiger partial charge is 0.462 e. The predicted octanol–water partition coefficient (Wildman–Crippen LogP) is 6.10. The molecule has 0 fully saturated rings. The number of thiophene rings is 1. The topological polar surface area (TPSA) is 92.1 Å². The zero-order valence-electron chi connectivity index (χ0n) is 20.6. The van der Waals surface area contributed by atoms with Gasteiger partial charge in [-0.05, 0) is 75.0 Å². The van der Waals surface area contributed by atoms with E-state index in [9.17, 15) is 14.9 Å². The fourth-order valence-electron chi connectivity index (χ4n) is 4.87. The first-order chi connectivity index (χ1) is 17.0. The van der Waals surface area contributed by atoms with Crippen molar-refractivity contribution >= 4 is 40.0 Å². The normalized spacial score (nSPS) is 17.3. The summed E-state index contributed by atoms with van der Waals surface area (Å²) in [6, 6.07) is 4.25. The summed E-state index contributed by atoms with van der Waals surface area (Å²) in [7, 11) is 0. The number of nitriles is 1. The predicted molar refractivity (Wildman–Crippen MR) is 140 cm³/mol. The molecule has 2 aliphatic carbocycles. The van der Waals surface area contributed by atoms with Gasteiger partial charge in [-0.2, -0.15) is 5.26 Å². The van der Waals surface area contributed by atoms with Crippen molar-refractivity contribution in [3.8, 4) is 6.07 Å². The third-order valence-corrected chi connectivity index (χ3v) is 8.89. The second-order valence-corrected chi connectivity index (χ2v) is 11.6. The number of rotatable bonds is 7. The third-order valence-electron chi connectivity index (χ3n) is 6.69. The number of nitrogens with one attached hydrogen (secondary N) is 1. The molecular formula is C27H33N3O3S2. The molecular weight excluding hydrogens is 478 g/mol. The Morgan fingerprint density at radius 3 is 2.83 bits per heavy atom. The van der Waals surface area contributed by atoms with Gasteiger partial charge in [0.2, 0.25) is 5.91 Å². The van der Waals surface area contributed by atoms with Gasteiger partial charge in [-0.25, -0.2) is 9.78 Å². The molecule has 4 rings (SSSR count). The van der Waals surface area contributed by atoms with Gasteiger partial charge in [0, 0.05) is 22.7 Å². The molecule has 35 heavy (non-hydrogen) atoms. The maximum atomic E-state index is 12.9. The first-order valence-corrected chi connectivity index (χ1v) is 14.5. The van der Waals surface area contributed by atoms with Crippen LogP contribution < -0.4 is 5.32 Å². The van der Waals surface area contributed by atoms with Crippen molar-refractivity contribution in [3.05, 3.63) is 38.9 Å². The molecule has 8 heteroatoms. The average molecular weight is 512 g/mol. The van der Waals surface area contributed by atoms with Gasteiger partial charge in [0.15, 0.2) is 0 Å². The Morgan fingerprint density at radius 2 is 2.06 bits per heavy atom. The number of aryl methyl sites for hydroxylation is 2. The molecule has 1 unspecified atom stereocenters. The van der Waals surface area contributed by atoms with Crippen molar-refractivity contribution in [2.24, 2.45) is 5.92 Å². The van der Waals surface area contributed by atoms with Crippen molar-refractivity contribution in [1.29, 1.82) is 5.26 Å². The molecule has 0 bridgehead atoms. The van der Waals surface area contributed by atoms with E-state index in [0.717, 1.165) is 62.6 Å². The molecule has 2 aliphatic rings. The van der Waals surface area contributed by atoms with Crippen molar-refractivity contribution in [2.45, 2.75) is 83.1 Å². The first kappa shape index (κ1) is 25.7. The number of nitrogens with zero attached hydrogens (tertiary/aromatic N) is 2. The Bertz CT molecular complexity index is 1140. The number of hydrogen-bond acceptors (Lipinski definition) is 7. The second-order valence-electron chi connectivity index (χ2n) is 9.40. The first-order valence-electron chi connectivity index (χ1n) is 12.7. The van der Waals surface area contributed by atoms with Gasteiger partial charge in [-0.3, -0.25) is 4.79 Å². The van der Waals surface area contributed by atoms with Crippen molar-refractivity contribution in [2.75, 3.05) is 17.7 Å². The smallest absolute Gasteiger partial charge is 0.341 e. The van der Waals surface area contributed by atoms with Crippen LogP contribution >= 0.6 is 23.1 Å². The monoisotopic (exact) mass is 511 g/mol. The van der Waals surface area contributed by atoms with E-state index in [1.807, 2.05) is 6.07 Å². The molecule has 6 nitrogen and oxygen atoms in total. The van der Waals surface area contributed by atoms with Gasteiger partial charge >= 0.3 is 5.97 Å². The molecule has 2 aromatic rings. The van der Waals surface area contributed by atoms with Gasteiger partial charge in [0.1, 0.15) is 16.1 Å². The molecule has 1 atom stereocenters. The third kappa shape index (κ3) is 6.25. The number of pyridine rings is 1. The number of amides is 1. The van der Waals surface area contributed by atoms with Crippen LogP contribution in [0.5, 0.6) is 0 Å². The molecule has 0 saturated carbocycles. The van der Waals surface area contributed by atoms with Crippen LogP contribution in [0, 0.1) is 17.2 Å². The highest BCUT2D eigenvalue weighted by molar-refractivity contribution is 7.99. The number of thioether (sulfide) groups is 1. The van der Waals surface area contributed by atoms with E-state index in [1.54, 1.807) is 6.92 Å². The van der Waals surface area contributed by atoms with Crippen LogP contribution in [0.2, 0.25) is 0 Å². The molecule has 0 aliphatic heterocycles. The minimum absolute atomic E-state index is 0.137. The van der Waals surface area contributed by atoms with E-state index in [1.165, 1.54) is 40.0 Å². The summed E-state index contributed by atoms with van der Waals surface area (Å²) < 4.78 is 5.34. The van der Waals surface area contributed by atoms with E-state index in [4.69, 9.17) is 9.72 Å². The van der Waals surface area contributed by atoms with Crippen LogP contribution in [0.3, 0.4) is 0 Å². The number of esters is 1. The summed E-state index contributed by atoms with van der Waals surface area (Å²) in [6.45, 7) is 4.34. The van der Waals surface area contributed by atoms with Gasteiger partial charge in [0.05, 0.1) is 17.7 Å². The minimum Gasteiger partial charge on any atom is -0.462 e. The van der Waals surface area contributed by atoms with E-state index in [2.05, 4.69) is 18.3 Å². The maximum absolute atomic E-state index is 12.9. The number of aromatic nitrogens is 1. The van der Waals surface area contributed by atoms with E-state index in [0.29, 0.717) is 39.4 Å². The molecule has 0 radical (unpaired) electrons. The minimum atomic E-state index is -0.346. The Morgan fingerprint density at radius 1 is 1.26 bits per heavy atom. The molecule has 1 amide bonds. The average Bonchev–Trinajstić information content (AvgIpc) is 3.14. The van der Waals surface area contributed by atoms with Gasteiger partial charge < -0.3 is 10.1 Å². The SMILES string of the molecule is CCOC(=O)c1c(NC(=O)CCSc2nc3c(cc2C#N)CC(C)CC3)sc2c1CCCCCC2. The van der Waals surface area contributed by atoms with Crippen LogP contribution in [-0.2, 0) is 35.2 Å². The van der Waals surface area contributed by atoms with Crippen LogP contribution in [-0.4, -0.2) is 29.2 Å². The van der Waals surface area contributed by atoms with Gasteiger partial charge in [-0.15, -0.1) is 23.1 Å². The summed E-state index contributed by atoms with van der Waals surface area (Å²) in [6.07, 6.45) is 9.61. The Hall–Kier alpha value is -2.37. The van der Waals surface area contributed by atoms with E-state index in [-0.39, 0.29) is 18.3 Å². The summed E-state index contributed by atoms with van der Waals surface area (Å²) >= 11 is 2.98. The van der Waals surface area contributed by atoms with Crippen molar-refractivity contribution < 1.29 is 14.3 Å². The summed E-state index contributed by atoms with van der Waals surface area (Å²) in [4.78, 5) is 31.6. The highest BCUT2D eigenvalue weighted by Gasteiger charge is 2.26. The number of carbonyl (C=O) groups is 2. The molecule has 1 N–H and O–H groups in total. The fourth-order valence-corrected chi connectivity index (χ4v) is 7.08. The van der Waals surface area contributed by atoms with E-state index < -0.39 is 0 Å². The molecule has 0 aromatic carbocycles. The van der Waals surface area contributed by atoms with Crippen LogP contribution in [0.15, 0.2) is 11.1 Å². The van der Waals surface area contributed by atoms with Crippen molar-refractivity contribution in [1.82, 2.24) is 4.98 Å². The lowest BCUT2D eigenvalue weighted by Gasteiger charge is -2.21. The van der Waals surface area contributed by atoms with E-state index >= 15 is 0 Å². The number of hydrogen-bond donors (Lipinski definition) is 1. The van der Waals surface area contributed by atoms with Crippen LogP contribution in [0.1, 0.15) is 90.0 Å². The quantitative estimate of drug-likeness (QED) is 0.357. The molecule has 186 valence electrons. The summed E-state index contributed by atoms with van der Waals surface area (Å²) in [5.74, 6) is 0.654.